The Kier molecular flexibility index (Phi) is 31.1. The van der Waals surface area contributed by atoms with E-state index in [1.807, 2.05) is 0 Å². The van der Waals surface area contributed by atoms with E-state index in [9.17, 15) is 58.2 Å². The minimum Gasteiger partial charge on any atom is -0.391 e. The number of benzene rings is 1. The number of hydrogen-bond donors (Lipinski definition) is 17. The molecular formula is C50H87N15O12. The Balaban J connectivity index is 2.70. The fourth-order valence-electron chi connectivity index (χ4n) is 8.21. The molecule has 77 heavy (non-hydrogen) atoms. The molecule has 1 fully saturated rings. The summed E-state index contributed by atoms with van der Waals surface area (Å²) in [5, 5.41) is 46.8. The van der Waals surface area contributed by atoms with Gasteiger partial charge in [0.1, 0.15) is 54.4 Å². The molecule has 1 aliphatic rings. The van der Waals surface area contributed by atoms with Crippen LogP contribution in [0.25, 0.3) is 0 Å². The molecule has 0 aromatic heterocycles. The van der Waals surface area contributed by atoms with E-state index in [1.165, 1.54) is 13.8 Å². The molecule has 1 saturated heterocycles. The number of amides is 10. The monoisotopic (exact) mass is 1090 g/mol. The van der Waals surface area contributed by atoms with Crippen molar-refractivity contribution in [3.8, 4) is 0 Å². The maximum atomic E-state index is 14.4. The zero-order valence-electron chi connectivity index (χ0n) is 44.9. The zero-order chi connectivity index (χ0) is 57.6. The zero-order valence-corrected chi connectivity index (χ0v) is 44.9. The molecule has 0 spiro atoms. The third-order valence-electron chi connectivity index (χ3n) is 12.5. The van der Waals surface area contributed by atoms with E-state index in [-0.39, 0.29) is 77.0 Å². The summed E-state index contributed by atoms with van der Waals surface area (Å²) in [4.78, 5) is 139. The molecule has 1 heterocycles. The summed E-state index contributed by atoms with van der Waals surface area (Å²) < 4.78 is 0. The van der Waals surface area contributed by atoms with Crippen molar-refractivity contribution in [2.75, 3.05) is 39.3 Å². The van der Waals surface area contributed by atoms with Crippen molar-refractivity contribution in [3.05, 3.63) is 35.9 Å². The molecule has 0 saturated carbocycles. The predicted octanol–water partition coefficient (Wildman–Crippen LogP) is -5.78. The van der Waals surface area contributed by atoms with Gasteiger partial charge in [-0.2, -0.15) is 0 Å². The standard InChI is InChI=1S/C50H87N15O12/c1-28(2)26-37-47(74)59-32(15-21-52)42(69)58-35(18-24-55)46(73)65-40(29(3)66)49(76)56-25-19-36(45(72)57-33(16-22-53)44(71)63-38(48(75)62-37)27-31-12-8-7-9-13-31)60-43(70)34(17-23-54)61-50(77)41(30(4)67)64-39(68)14-10-5-6-11-20-51/h7-9,12-13,28-30,32-38,40-41,66-67H,5-6,10-11,14-27,51-55H2,1-4H3,(H,56,76)(H,57,72)(H,58,69)(H,59,74)(H,60,70)(H,61,77)(H,62,75)(H,63,71)(H,64,68)(H,65,73)/t29?,30?,32-,33-,34-,35-,36-,37-,38+,40-,41-/m0/s1. The van der Waals surface area contributed by atoms with E-state index < -0.39 is 139 Å². The van der Waals surface area contributed by atoms with Gasteiger partial charge in [0.25, 0.3) is 0 Å². The largest absolute Gasteiger partial charge is 0.391 e. The molecule has 1 aromatic carbocycles. The Morgan fingerprint density at radius 2 is 1.09 bits per heavy atom. The Bertz CT molecular complexity index is 2070. The molecule has 1 aliphatic heterocycles. The van der Waals surface area contributed by atoms with Crippen molar-refractivity contribution < 1.29 is 58.2 Å². The molecule has 0 aliphatic carbocycles. The lowest BCUT2D eigenvalue weighted by molar-refractivity contribution is -0.136. The lowest BCUT2D eigenvalue weighted by atomic mass is 10.00. The molecule has 0 radical (unpaired) electrons. The van der Waals surface area contributed by atoms with Crippen molar-refractivity contribution in [2.24, 2.45) is 34.6 Å². The van der Waals surface area contributed by atoms with Crippen LogP contribution in [0.15, 0.2) is 30.3 Å². The second-order valence-corrected chi connectivity index (χ2v) is 19.6. The molecule has 434 valence electrons. The van der Waals surface area contributed by atoms with Gasteiger partial charge in [-0.05, 0) is 109 Å². The number of nitrogens with two attached hydrogens (primary N) is 5. The number of hydrogen-bond acceptors (Lipinski definition) is 17. The summed E-state index contributed by atoms with van der Waals surface area (Å²) in [7, 11) is 0. The van der Waals surface area contributed by atoms with Crippen LogP contribution in [-0.2, 0) is 54.4 Å². The summed E-state index contributed by atoms with van der Waals surface area (Å²) in [6.45, 7) is 5.57. The van der Waals surface area contributed by atoms with Gasteiger partial charge in [0.15, 0.2) is 0 Å². The van der Waals surface area contributed by atoms with E-state index in [0.29, 0.717) is 24.9 Å². The first-order chi connectivity index (χ1) is 36.6. The van der Waals surface area contributed by atoms with Crippen molar-refractivity contribution in [1.82, 2.24) is 53.2 Å². The van der Waals surface area contributed by atoms with E-state index in [4.69, 9.17) is 28.7 Å². The number of rotatable bonds is 25. The first kappa shape index (κ1) is 66.8. The number of carbonyl (C=O) groups is 10. The smallest absolute Gasteiger partial charge is 0.245 e. The minimum absolute atomic E-state index is 0.0516. The fourth-order valence-corrected chi connectivity index (χ4v) is 8.21. The highest BCUT2D eigenvalue weighted by molar-refractivity contribution is 5.99. The van der Waals surface area contributed by atoms with Gasteiger partial charge < -0.3 is 92.0 Å². The van der Waals surface area contributed by atoms with Crippen LogP contribution < -0.4 is 81.8 Å². The molecular weight excluding hydrogens is 1000 g/mol. The van der Waals surface area contributed by atoms with Crippen LogP contribution in [0, 0.1) is 5.92 Å². The molecule has 2 rings (SSSR count). The van der Waals surface area contributed by atoms with Gasteiger partial charge in [-0.3, -0.25) is 47.9 Å². The first-order valence-electron chi connectivity index (χ1n) is 26.5. The van der Waals surface area contributed by atoms with Crippen molar-refractivity contribution in [3.63, 3.8) is 0 Å². The Labute approximate surface area is 450 Å². The van der Waals surface area contributed by atoms with Crippen LogP contribution in [-0.4, -0.2) is 175 Å². The van der Waals surface area contributed by atoms with Crippen molar-refractivity contribution in [1.29, 1.82) is 0 Å². The quantitative estimate of drug-likeness (QED) is 0.0406. The minimum atomic E-state index is -1.66. The average Bonchev–Trinajstić information content (AvgIpc) is 3.37. The number of carbonyl (C=O) groups excluding carboxylic acids is 10. The molecule has 1 aromatic rings. The highest BCUT2D eigenvalue weighted by Crippen LogP contribution is 2.11. The summed E-state index contributed by atoms with van der Waals surface area (Å²) in [5.74, 6) is -8.88. The van der Waals surface area contributed by atoms with Crippen LogP contribution in [0.5, 0.6) is 0 Å². The van der Waals surface area contributed by atoms with Gasteiger partial charge in [-0.25, -0.2) is 0 Å². The van der Waals surface area contributed by atoms with Crippen LogP contribution in [0.3, 0.4) is 0 Å². The van der Waals surface area contributed by atoms with Gasteiger partial charge in [-0.1, -0.05) is 57.0 Å². The summed E-state index contributed by atoms with van der Waals surface area (Å²) in [6, 6.07) is -4.52. The van der Waals surface area contributed by atoms with E-state index >= 15 is 0 Å². The Morgan fingerprint density at radius 1 is 0.584 bits per heavy atom. The number of unbranched alkanes of at least 4 members (excludes halogenated alkanes) is 3. The molecule has 11 atom stereocenters. The maximum Gasteiger partial charge on any atom is 0.245 e. The molecule has 10 amide bonds. The third kappa shape index (κ3) is 24.2. The van der Waals surface area contributed by atoms with Gasteiger partial charge in [0.2, 0.25) is 59.1 Å². The third-order valence-corrected chi connectivity index (χ3v) is 12.5. The van der Waals surface area contributed by atoms with Crippen LogP contribution in [0.1, 0.15) is 104 Å². The molecule has 27 heteroatoms. The van der Waals surface area contributed by atoms with Crippen molar-refractivity contribution >= 4 is 59.1 Å². The SMILES string of the molecule is CC(C)C[C@@H]1NC(=O)[C@@H](Cc2ccccc2)NC(=O)[C@H](CCN)NC(=O)[C@@H](NC(=O)[C@H](CCN)NC(=O)[C@@H](NC(=O)CCCCCCN)C(C)O)CCNC(=O)[C@H](C(C)O)NC(=O)[C@H](CCN)NC(=O)[C@H](CCN)NC1=O. The summed E-state index contributed by atoms with van der Waals surface area (Å²) in [5.41, 5.74) is 29.6. The molecule has 22 N–H and O–H groups in total. The topological polar surface area (TPSA) is 462 Å². The Morgan fingerprint density at radius 3 is 1.61 bits per heavy atom. The number of nitrogens with one attached hydrogen (secondary N) is 10. The van der Waals surface area contributed by atoms with E-state index in [2.05, 4.69) is 53.2 Å². The van der Waals surface area contributed by atoms with Gasteiger partial charge in [-0.15, -0.1) is 0 Å². The summed E-state index contributed by atoms with van der Waals surface area (Å²) in [6.07, 6.45) is -1.26. The summed E-state index contributed by atoms with van der Waals surface area (Å²) >= 11 is 0. The predicted molar refractivity (Wildman–Crippen MR) is 285 cm³/mol. The van der Waals surface area contributed by atoms with Gasteiger partial charge in [0, 0.05) is 19.4 Å². The average molecular weight is 1090 g/mol. The Hall–Kier alpha value is -6.36. The number of aliphatic hydroxyl groups excluding tert-OH is 2. The van der Waals surface area contributed by atoms with Crippen molar-refractivity contribution in [2.45, 2.75) is 171 Å². The highest BCUT2D eigenvalue weighted by Gasteiger charge is 2.37. The van der Waals surface area contributed by atoms with E-state index in [0.717, 1.165) is 12.8 Å². The second kappa shape index (κ2) is 35.9. The molecule has 2 unspecified atom stereocenters. The van der Waals surface area contributed by atoms with Gasteiger partial charge in [0.05, 0.1) is 12.2 Å². The lowest BCUT2D eigenvalue weighted by Gasteiger charge is -2.28. The van der Waals surface area contributed by atoms with E-state index in [1.54, 1.807) is 44.2 Å². The fraction of sp³-hybridized carbons (Fsp3) is 0.680. The number of aliphatic hydroxyl groups is 2. The maximum absolute atomic E-state index is 14.4. The van der Waals surface area contributed by atoms with Crippen LogP contribution in [0.2, 0.25) is 0 Å². The van der Waals surface area contributed by atoms with Crippen LogP contribution >= 0.6 is 0 Å². The lowest BCUT2D eigenvalue weighted by Crippen LogP contribution is -2.61. The highest BCUT2D eigenvalue weighted by atomic mass is 16.3. The molecule has 0 bridgehead atoms. The first-order valence-corrected chi connectivity index (χ1v) is 26.5. The second-order valence-electron chi connectivity index (χ2n) is 19.6. The van der Waals surface area contributed by atoms with Crippen LogP contribution in [0.4, 0.5) is 0 Å². The normalized spacial score (nSPS) is 23.3. The van der Waals surface area contributed by atoms with Gasteiger partial charge >= 0.3 is 0 Å². The molecule has 27 nitrogen and oxygen atoms in total.